The van der Waals surface area contributed by atoms with Crippen LogP contribution < -0.4 is 0 Å². The Hall–Kier alpha value is -7.32. The molecule has 6 heteroatoms. The third-order valence-electron chi connectivity index (χ3n) is 11.5. The van der Waals surface area contributed by atoms with Gasteiger partial charge in [-0.25, -0.2) is 4.98 Å². The van der Waals surface area contributed by atoms with E-state index in [2.05, 4.69) is 120 Å². The minimum Gasteiger partial charge on any atom is -0.307 e. The minimum atomic E-state index is -0.102. The first-order valence-corrected chi connectivity index (χ1v) is 19.4. The highest BCUT2D eigenvalue weighted by molar-refractivity contribution is 6.01. The second kappa shape index (κ2) is 13.5. The molecule has 0 saturated heterocycles. The summed E-state index contributed by atoms with van der Waals surface area (Å²) < 4.78 is 4.79. The molecule has 0 amide bonds. The molecule has 0 bridgehead atoms. The lowest BCUT2D eigenvalue weighted by Crippen LogP contribution is -2.16. The number of aromatic nitrogens is 5. The van der Waals surface area contributed by atoms with E-state index in [0.29, 0.717) is 23.2 Å². The molecule has 0 unspecified atom stereocenters. The lowest BCUT2D eigenvalue weighted by molar-refractivity contribution is 0.660. The highest BCUT2D eigenvalue weighted by atomic mass is 15.2. The van der Waals surface area contributed by atoms with E-state index < -0.39 is 0 Å². The quantitative estimate of drug-likeness (QED) is 0.169. The largest absolute Gasteiger partial charge is 0.307 e. The summed E-state index contributed by atoms with van der Waals surface area (Å²) in [5.74, 6) is 1.94. The van der Waals surface area contributed by atoms with Crippen LogP contribution in [0, 0.1) is 18.3 Å². The molecule has 3 aliphatic rings. The van der Waals surface area contributed by atoms with E-state index in [4.69, 9.17) is 20.2 Å². The number of hydrogen-bond donors (Lipinski definition) is 0. The van der Waals surface area contributed by atoms with Crippen molar-refractivity contribution in [1.82, 2.24) is 24.1 Å². The molecule has 3 aromatic heterocycles. The van der Waals surface area contributed by atoms with Crippen LogP contribution in [0.4, 0.5) is 0 Å². The van der Waals surface area contributed by atoms with Gasteiger partial charge in [-0.15, -0.1) is 5.73 Å². The molecule has 57 heavy (non-hydrogen) atoms. The van der Waals surface area contributed by atoms with E-state index in [1.807, 2.05) is 61.6 Å². The molecule has 0 aliphatic heterocycles. The van der Waals surface area contributed by atoms with Crippen molar-refractivity contribution in [2.24, 2.45) is 0 Å². The molecule has 3 aliphatic carbocycles. The first-order chi connectivity index (χ1) is 27.9. The van der Waals surface area contributed by atoms with Crippen LogP contribution in [-0.4, -0.2) is 24.1 Å². The Kier molecular flexibility index (Phi) is 8.07. The third kappa shape index (κ3) is 5.52. The fourth-order valence-electron chi connectivity index (χ4n) is 8.98. The molecule has 0 radical (unpaired) electrons. The summed E-state index contributed by atoms with van der Waals surface area (Å²) in [6.07, 6.45) is 11.7. The smallest absolute Gasteiger partial charge is 0.238 e. The summed E-state index contributed by atoms with van der Waals surface area (Å²) in [7, 11) is 0. The van der Waals surface area contributed by atoms with Crippen LogP contribution in [0.5, 0.6) is 0 Å². The molecule has 8 aromatic rings. The van der Waals surface area contributed by atoms with Gasteiger partial charge in [-0.1, -0.05) is 117 Å². The Balaban J connectivity index is 0.000000445. The first-order valence-electron chi connectivity index (χ1n) is 19.4. The summed E-state index contributed by atoms with van der Waals surface area (Å²) in [4.78, 5) is 15.0. The van der Waals surface area contributed by atoms with Crippen molar-refractivity contribution in [2.75, 3.05) is 0 Å². The van der Waals surface area contributed by atoms with Gasteiger partial charge in [0, 0.05) is 27.4 Å². The van der Waals surface area contributed by atoms with Crippen molar-refractivity contribution < 1.29 is 0 Å². The molecular formula is C51H38N6. The molecule has 3 heterocycles. The summed E-state index contributed by atoms with van der Waals surface area (Å²) in [6.45, 7) is 6.66. The van der Waals surface area contributed by atoms with Gasteiger partial charge >= 0.3 is 0 Å². The number of fused-ring (bicyclic) bond motifs is 10. The molecule has 272 valence electrons. The summed E-state index contributed by atoms with van der Waals surface area (Å²) in [6, 6.07) is 44.7. The molecule has 0 saturated carbocycles. The van der Waals surface area contributed by atoms with Crippen molar-refractivity contribution in [2.45, 2.75) is 39.0 Å². The molecule has 0 fully saturated rings. The minimum absolute atomic E-state index is 0.102. The summed E-state index contributed by atoms with van der Waals surface area (Å²) in [5, 5.41) is 10.8. The number of allylic oxidation sites excluding steroid dienone is 5. The van der Waals surface area contributed by atoms with Crippen LogP contribution in [0.25, 0.3) is 61.5 Å². The van der Waals surface area contributed by atoms with E-state index in [1.54, 1.807) is 12.1 Å². The van der Waals surface area contributed by atoms with Gasteiger partial charge in [-0.3, -0.25) is 4.57 Å². The van der Waals surface area contributed by atoms with E-state index in [0.717, 1.165) is 29.6 Å². The van der Waals surface area contributed by atoms with Crippen LogP contribution >= 0.6 is 0 Å². The van der Waals surface area contributed by atoms with Crippen LogP contribution in [-0.2, 0) is 18.3 Å². The Morgan fingerprint density at radius 2 is 1.32 bits per heavy atom. The number of rotatable bonds is 3. The van der Waals surface area contributed by atoms with Crippen molar-refractivity contribution in [3.8, 4) is 40.2 Å². The lowest BCUT2D eigenvalue weighted by Gasteiger charge is -2.23. The Morgan fingerprint density at radius 3 is 2.05 bits per heavy atom. The molecule has 0 atom stereocenters. The maximum absolute atomic E-state index is 8.29. The zero-order chi connectivity index (χ0) is 38.7. The third-order valence-corrected chi connectivity index (χ3v) is 11.5. The van der Waals surface area contributed by atoms with Gasteiger partial charge in [0.2, 0.25) is 5.95 Å². The van der Waals surface area contributed by atoms with Gasteiger partial charge in [0.1, 0.15) is 5.82 Å². The fourth-order valence-corrected chi connectivity index (χ4v) is 8.98. The second-order valence-corrected chi connectivity index (χ2v) is 15.2. The van der Waals surface area contributed by atoms with Crippen molar-refractivity contribution in [1.29, 1.82) is 5.26 Å². The van der Waals surface area contributed by atoms with Gasteiger partial charge in [0.05, 0.1) is 34.1 Å². The summed E-state index contributed by atoms with van der Waals surface area (Å²) in [5.41, 5.74) is 18.7. The maximum atomic E-state index is 8.29. The van der Waals surface area contributed by atoms with Crippen LogP contribution in [0.15, 0.2) is 157 Å². The Labute approximate surface area is 331 Å². The number of aryl methyl sites for hydroxylation is 3. The Morgan fingerprint density at radius 1 is 0.667 bits per heavy atom. The first kappa shape index (κ1) is 34.2. The van der Waals surface area contributed by atoms with Crippen LogP contribution in [0.1, 0.15) is 53.3 Å². The van der Waals surface area contributed by atoms with Gasteiger partial charge in [0.15, 0.2) is 5.82 Å². The monoisotopic (exact) mass is 734 g/mol. The molecule has 0 N–H and O–H groups in total. The summed E-state index contributed by atoms with van der Waals surface area (Å²) >= 11 is 0. The van der Waals surface area contributed by atoms with E-state index in [1.165, 1.54) is 61.1 Å². The van der Waals surface area contributed by atoms with Gasteiger partial charge < -0.3 is 4.57 Å². The molecule has 6 nitrogen and oxygen atoms in total. The predicted octanol–water partition coefficient (Wildman–Crippen LogP) is 11.4. The maximum Gasteiger partial charge on any atom is 0.238 e. The average Bonchev–Trinajstić information content (AvgIpc) is 3.72. The van der Waals surface area contributed by atoms with E-state index >= 15 is 0 Å². The molecule has 5 aromatic carbocycles. The zero-order valence-corrected chi connectivity index (χ0v) is 32.0. The Bertz CT molecular complexity index is 3100. The standard InChI is InChI=1S/C44H33N5.C7H5N/c1-27-45-42(28-14-6-4-5-7-15-28)47-43(46-27)49-39-21-13-10-18-33(39)35-25-24-34-32-17-9-12-20-38(32)48(40(34)41(35)49)29-22-23-31-30-16-8-11-19-36(30)44(2,3)37(31)26-29;8-6-7-4-2-1-3-5-7/h4-6,8-23,26H,24-25H2,1-3H3;1-5H. The number of para-hydroxylation sites is 2. The van der Waals surface area contributed by atoms with Crippen molar-refractivity contribution in [3.05, 3.63) is 197 Å². The van der Waals surface area contributed by atoms with Gasteiger partial charge in [-0.2, -0.15) is 15.2 Å². The number of hydrogen-bond acceptors (Lipinski definition) is 4. The SMILES string of the molecule is Cc1nc(C2=CC=CC=C=C2)nc(-n2c3c(c4ccccc42)CCc2c-3n(-c3ccc4c(c3)C(C)(C)c3ccccc3-4)c3ccccc23)n1.N#Cc1ccccc1. The number of nitrogens with zero attached hydrogens (tertiary/aromatic N) is 6. The predicted molar refractivity (Wildman–Crippen MR) is 230 cm³/mol. The second-order valence-electron chi connectivity index (χ2n) is 15.2. The molecular weight excluding hydrogens is 697 g/mol. The fraction of sp³-hybridized carbons (Fsp3) is 0.118. The lowest BCUT2D eigenvalue weighted by atomic mass is 9.82. The van der Waals surface area contributed by atoms with Gasteiger partial charge in [0.25, 0.3) is 0 Å². The van der Waals surface area contributed by atoms with Gasteiger partial charge in [-0.05, 0) is 102 Å². The highest BCUT2D eigenvalue weighted by Crippen LogP contribution is 2.51. The normalized spacial score (nSPS) is 14.2. The van der Waals surface area contributed by atoms with Crippen LogP contribution in [0.2, 0.25) is 0 Å². The number of nitriles is 1. The van der Waals surface area contributed by atoms with Crippen LogP contribution in [0.3, 0.4) is 0 Å². The number of benzene rings is 5. The zero-order valence-electron chi connectivity index (χ0n) is 32.0. The van der Waals surface area contributed by atoms with E-state index in [-0.39, 0.29) is 5.41 Å². The topological polar surface area (TPSA) is 72.3 Å². The van der Waals surface area contributed by atoms with Crippen molar-refractivity contribution >= 4 is 27.4 Å². The average molecular weight is 735 g/mol. The van der Waals surface area contributed by atoms with Crippen molar-refractivity contribution in [3.63, 3.8) is 0 Å². The molecule has 0 spiro atoms. The molecule has 11 rings (SSSR count). The van der Waals surface area contributed by atoms with E-state index in [9.17, 15) is 0 Å². The highest BCUT2D eigenvalue weighted by Gasteiger charge is 2.37.